The molecule has 0 saturated carbocycles. The van der Waals surface area contributed by atoms with Gasteiger partial charge in [0.15, 0.2) is 17.8 Å². The Bertz CT molecular complexity index is 430. The van der Waals surface area contributed by atoms with Gasteiger partial charge in [-0.15, -0.1) is 0 Å². The molecule has 0 N–H and O–H groups in total. The third kappa shape index (κ3) is 2.53. The van der Waals surface area contributed by atoms with Gasteiger partial charge in [-0.1, -0.05) is 11.6 Å². The van der Waals surface area contributed by atoms with Crippen molar-refractivity contribution in [2.75, 3.05) is 27.2 Å². The number of carbonyl (C=O) groups excluding carboxylic acids is 1. The van der Waals surface area contributed by atoms with E-state index >= 15 is 0 Å². The van der Waals surface area contributed by atoms with Gasteiger partial charge >= 0.3 is 0 Å². The molecule has 0 bridgehead atoms. The van der Waals surface area contributed by atoms with Crippen LogP contribution in [-0.4, -0.2) is 44.5 Å². The predicted octanol–water partition coefficient (Wildman–Crippen LogP) is 1.85. The summed E-state index contributed by atoms with van der Waals surface area (Å²) in [7, 11) is 3.54. The Morgan fingerprint density at radius 1 is 1.47 bits per heavy atom. The minimum absolute atomic E-state index is 0.105. The quantitative estimate of drug-likeness (QED) is 0.770. The van der Waals surface area contributed by atoms with Crippen molar-refractivity contribution in [1.29, 1.82) is 0 Å². The molecule has 17 heavy (non-hydrogen) atoms. The van der Waals surface area contributed by atoms with Crippen LogP contribution in [0, 0.1) is 0 Å². The molecule has 0 aliphatic carbocycles. The van der Waals surface area contributed by atoms with Gasteiger partial charge in [0, 0.05) is 24.2 Å². The first-order chi connectivity index (χ1) is 8.13. The van der Waals surface area contributed by atoms with Crippen LogP contribution in [0.2, 0.25) is 5.02 Å². The van der Waals surface area contributed by atoms with Crippen LogP contribution in [0.1, 0.15) is 10.4 Å². The highest BCUT2D eigenvalue weighted by molar-refractivity contribution is 6.31. The van der Waals surface area contributed by atoms with Crippen LogP contribution in [0.3, 0.4) is 0 Å². The number of aldehydes is 1. The molecule has 4 nitrogen and oxygen atoms in total. The van der Waals surface area contributed by atoms with E-state index in [0.717, 1.165) is 19.4 Å². The van der Waals surface area contributed by atoms with Crippen molar-refractivity contribution in [3.63, 3.8) is 0 Å². The Kier molecular flexibility index (Phi) is 3.54. The highest BCUT2D eigenvalue weighted by atomic mass is 35.5. The Hall–Kier alpha value is -1.26. The van der Waals surface area contributed by atoms with E-state index in [4.69, 9.17) is 21.1 Å². The molecular formula is C12H14ClNO3. The van der Waals surface area contributed by atoms with Crippen LogP contribution < -0.4 is 9.47 Å². The maximum atomic E-state index is 11.0. The van der Waals surface area contributed by atoms with E-state index in [1.807, 2.05) is 7.05 Å². The zero-order valence-corrected chi connectivity index (χ0v) is 10.5. The van der Waals surface area contributed by atoms with Gasteiger partial charge in [0.2, 0.25) is 0 Å². The number of rotatable bonds is 4. The number of nitrogens with zero attached hydrogens (tertiary/aromatic N) is 1. The lowest BCUT2D eigenvalue weighted by molar-refractivity contribution is 0.0364. The summed E-state index contributed by atoms with van der Waals surface area (Å²) in [6.45, 7) is 1.70. The Labute approximate surface area is 105 Å². The largest absolute Gasteiger partial charge is 0.493 e. The van der Waals surface area contributed by atoms with E-state index in [1.54, 1.807) is 12.1 Å². The number of hydrogen-bond acceptors (Lipinski definition) is 4. The van der Waals surface area contributed by atoms with Crippen LogP contribution >= 0.6 is 11.6 Å². The maximum absolute atomic E-state index is 11.0. The lowest BCUT2D eigenvalue weighted by atomic mass is 10.1. The first-order valence-electron chi connectivity index (χ1n) is 5.32. The molecule has 0 unspecified atom stereocenters. The molecular weight excluding hydrogens is 242 g/mol. The minimum atomic E-state index is 0.105. The van der Waals surface area contributed by atoms with Crippen LogP contribution in [0.25, 0.3) is 0 Å². The molecule has 0 spiro atoms. The lowest BCUT2D eigenvalue weighted by Gasteiger charge is -2.36. The lowest BCUT2D eigenvalue weighted by Crippen LogP contribution is -2.51. The second-order valence-electron chi connectivity index (χ2n) is 4.11. The Morgan fingerprint density at radius 2 is 2.18 bits per heavy atom. The predicted molar refractivity (Wildman–Crippen MR) is 65.3 cm³/mol. The molecule has 1 fully saturated rings. The van der Waals surface area contributed by atoms with Crippen LogP contribution in [-0.2, 0) is 0 Å². The molecule has 0 atom stereocenters. The Morgan fingerprint density at radius 3 is 2.71 bits per heavy atom. The van der Waals surface area contributed by atoms with Gasteiger partial charge in [0.25, 0.3) is 0 Å². The van der Waals surface area contributed by atoms with Gasteiger partial charge in [-0.25, -0.2) is 0 Å². The minimum Gasteiger partial charge on any atom is -0.493 e. The zero-order chi connectivity index (χ0) is 12.4. The highest BCUT2D eigenvalue weighted by Crippen LogP contribution is 2.35. The van der Waals surface area contributed by atoms with Crippen molar-refractivity contribution in [1.82, 2.24) is 4.90 Å². The summed E-state index contributed by atoms with van der Waals surface area (Å²) < 4.78 is 10.9. The van der Waals surface area contributed by atoms with E-state index in [9.17, 15) is 4.79 Å². The number of likely N-dealkylation sites (tertiary alicyclic amines) is 1. The third-order valence-electron chi connectivity index (χ3n) is 2.71. The molecule has 0 amide bonds. The fourth-order valence-electron chi connectivity index (χ4n) is 1.84. The molecule has 1 aliphatic heterocycles. The summed E-state index contributed by atoms with van der Waals surface area (Å²) in [6, 6.07) is 3.22. The molecule has 1 aromatic rings. The molecule has 1 aromatic carbocycles. The number of halogens is 1. The monoisotopic (exact) mass is 255 g/mol. The average Bonchev–Trinajstić information content (AvgIpc) is 2.28. The number of methoxy groups -OCH3 is 1. The number of ether oxygens (including phenoxy) is 2. The Balaban J connectivity index is 2.26. The van der Waals surface area contributed by atoms with E-state index in [2.05, 4.69) is 4.90 Å². The normalized spacial score (nSPS) is 16.4. The summed E-state index contributed by atoms with van der Waals surface area (Å²) >= 11 is 5.88. The summed E-state index contributed by atoms with van der Waals surface area (Å²) in [4.78, 5) is 13.1. The van der Waals surface area contributed by atoms with Gasteiger partial charge < -0.3 is 9.47 Å². The first-order valence-corrected chi connectivity index (χ1v) is 5.69. The fraction of sp³-hybridized carbons (Fsp3) is 0.417. The molecule has 1 aliphatic rings. The fourth-order valence-corrected chi connectivity index (χ4v) is 2.05. The van der Waals surface area contributed by atoms with Crippen molar-refractivity contribution in [3.05, 3.63) is 22.7 Å². The van der Waals surface area contributed by atoms with Crippen LogP contribution in [0.15, 0.2) is 12.1 Å². The maximum Gasteiger partial charge on any atom is 0.172 e. The summed E-state index contributed by atoms with van der Waals surface area (Å²) in [5.41, 5.74) is 0.420. The average molecular weight is 256 g/mol. The summed E-state index contributed by atoms with van der Waals surface area (Å²) in [5, 5.41) is 0.460. The molecule has 1 heterocycles. The highest BCUT2D eigenvalue weighted by Gasteiger charge is 2.27. The third-order valence-corrected chi connectivity index (χ3v) is 2.93. The SMILES string of the molecule is COc1cc(Cl)cc(C=O)c1OC1CN(C)C1. The first kappa shape index (κ1) is 12.2. The number of hydrogen-bond donors (Lipinski definition) is 0. The van der Waals surface area contributed by atoms with E-state index in [1.165, 1.54) is 7.11 Å². The van der Waals surface area contributed by atoms with Gasteiger partial charge in [-0.2, -0.15) is 0 Å². The van der Waals surface area contributed by atoms with Crippen molar-refractivity contribution < 1.29 is 14.3 Å². The summed E-state index contributed by atoms with van der Waals surface area (Å²) in [5.74, 6) is 0.971. The molecule has 1 saturated heterocycles. The number of carbonyl (C=O) groups is 1. The van der Waals surface area contributed by atoms with Crippen molar-refractivity contribution >= 4 is 17.9 Å². The molecule has 92 valence electrons. The van der Waals surface area contributed by atoms with Gasteiger partial charge in [-0.3, -0.25) is 9.69 Å². The summed E-state index contributed by atoms with van der Waals surface area (Å²) in [6.07, 6.45) is 0.834. The molecule has 0 radical (unpaired) electrons. The van der Waals surface area contributed by atoms with E-state index in [0.29, 0.717) is 22.1 Å². The standard InChI is InChI=1S/C12H14ClNO3/c1-14-5-10(6-14)17-12-8(7-15)3-9(13)4-11(12)16-2/h3-4,7,10H,5-6H2,1-2H3. The molecule has 0 aromatic heterocycles. The van der Waals surface area contributed by atoms with Crippen molar-refractivity contribution in [3.8, 4) is 11.5 Å². The second-order valence-corrected chi connectivity index (χ2v) is 4.54. The molecule has 2 rings (SSSR count). The zero-order valence-electron chi connectivity index (χ0n) is 9.77. The second kappa shape index (κ2) is 4.94. The van der Waals surface area contributed by atoms with Gasteiger partial charge in [0.1, 0.15) is 6.10 Å². The van der Waals surface area contributed by atoms with Crippen molar-refractivity contribution in [2.24, 2.45) is 0 Å². The number of likely N-dealkylation sites (N-methyl/N-ethyl adjacent to an activating group) is 1. The van der Waals surface area contributed by atoms with Crippen LogP contribution in [0.4, 0.5) is 0 Å². The number of benzene rings is 1. The van der Waals surface area contributed by atoms with Crippen molar-refractivity contribution in [2.45, 2.75) is 6.10 Å². The topological polar surface area (TPSA) is 38.8 Å². The van der Waals surface area contributed by atoms with E-state index in [-0.39, 0.29) is 6.10 Å². The van der Waals surface area contributed by atoms with E-state index < -0.39 is 0 Å². The smallest absolute Gasteiger partial charge is 0.172 e. The van der Waals surface area contributed by atoms with Gasteiger partial charge in [0.05, 0.1) is 12.7 Å². The van der Waals surface area contributed by atoms with Crippen LogP contribution in [0.5, 0.6) is 11.5 Å². The van der Waals surface area contributed by atoms with Gasteiger partial charge in [-0.05, 0) is 13.1 Å². The molecule has 5 heteroatoms.